The monoisotopic (exact) mass is 232 g/mol. The quantitative estimate of drug-likeness (QED) is 0.757. The van der Waals surface area contributed by atoms with Gasteiger partial charge in [0.15, 0.2) is 0 Å². The standard InChI is InChI=1S/C11H12N4O2/c1-17-9-4-2-8(3-5-9)14-11(16)15-10-12-6-7-13-10/h2-7H,1H3,(H3,12,13,14,15,16). The number of anilines is 2. The van der Waals surface area contributed by atoms with Gasteiger partial charge in [-0.3, -0.25) is 5.32 Å². The molecule has 1 heterocycles. The fourth-order valence-electron chi connectivity index (χ4n) is 1.28. The number of aromatic amines is 1. The van der Waals surface area contributed by atoms with Crippen molar-refractivity contribution >= 4 is 17.7 Å². The van der Waals surface area contributed by atoms with Gasteiger partial charge in [0.2, 0.25) is 5.95 Å². The number of nitrogens with one attached hydrogen (secondary N) is 3. The molecule has 1 aromatic carbocycles. The van der Waals surface area contributed by atoms with Crippen LogP contribution in [0.5, 0.6) is 5.75 Å². The molecule has 0 aliphatic carbocycles. The molecule has 0 aliphatic heterocycles. The van der Waals surface area contributed by atoms with Gasteiger partial charge in [-0.15, -0.1) is 0 Å². The van der Waals surface area contributed by atoms with E-state index in [9.17, 15) is 4.79 Å². The Morgan fingerprint density at radius 1 is 1.29 bits per heavy atom. The van der Waals surface area contributed by atoms with E-state index in [0.29, 0.717) is 11.6 Å². The number of nitrogens with zero attached hydrogens (tertiary/aromatic N) is 1. The van der Waals surface area contributed by atoms with Crippen LogP contribution in [0.3, 0.4) is 0 Å². The highest BCUT2D eigenvalue weighted by atomic mass is 16.5. The lowest BCUT2D eigenvalue weighted by Gasteiger charge is -2.06. The molecular formula is C11H12N4O2. The van der Waals surface area contributed by atoms with Gasteiger partial charge in [-0.1, -0.05) is 0 Å². The van der Waals surface area contributed by atoms with Crippen molar-refractivity contribution in [3.63, 3.8) is 0 Å². The van der Waals surface area contributed by atoms with E-state index < -0.39 is 0 Å². The Kier molecular flexibility index (Phi) is 3.25. The van der Waals surface area contributed by atoms with E-state index >= 15 is 0 Å². The van der Waals surface area contributed by atoms with Crippen molar-refractivity contribution in [2.24, 2.45) is 0 Å². The highest BCUT2D eigenvalue weighted by molar-refractivity contribution is 5.98. The van der Waals surface area contributed by atoms with Gasteiger partial charge in [0.25, 0.3) is 0 Å². The van der Waals surface area contributed by atoms with Crippen molar-refractivity contribution in [2.45, 2.75) is 0 Å². The number of hydrogen-bond acceptors (Lipinski definition) is 3. The summed E-state index contributed by atoms with van der Waals surface area (Å²) in [6.07, 6.45) is 3.19. The van der Waals surface area contributed by atoms with Crippen LogP contribution in [0.25, 0.3) is 0 Å². The summed E-state index contributed by atoms with van der Waals surface area (Å²) < 4.78 is 5.02. The minimum Gasteiger partial charge on any atom is -0.497 e. The molecule has 17 heavy (non-hydrogen) atoms. The van der Waals surface area contributed by atoms with Crippen LogP contribution in [0.1, 0.15) is 0 Å². The van der Waals surface area contributed by atoms with E-state index in [1.165, 1.54) is 0 Å². The molecule has 0 fully saturated rings. The molecule has 1 aromatic heterocycles. The summed E-state index contributed by atoms with van der Waals surface area (Å²) in [4.78, 5) is 18.2. The third-order valence-corrected chi connectivity index (χ3v) is 2.08. The van der Waals surface area contributed by atoms with Crippen LogP contribution in [0.2, 0.25) is 0 Å². The number of methoxy groups -OCH3 is 1. The number of imidazole rings is 1. The molecule has 0 saturated heterocycles. The third kappa shape index (κ3) is 2.97. The van der Waals surface area contributed by atoms with Gasteiger partial charge >= 0.3 is 6.03 Å². The van der Waals surface area contributed by atoms with Gasteiger partial charge in [0, 0.05) is 18.1 Å². The van der Waals surface area contributed by atoms with Gasteiger partial charge < -0.3 is 15.0 Å². The van der Waals surface area contributed by atoms with E-state index in [1.54, 1.807) is 43.8 Å². The van der Waals surface area contributed by atoms with Crippen molar-refractivity contribution in [3.05, 3.63) is 36.7 Å². The fourth-order valence-corrected chi connectivity index (χ4v) is 1.28. The zero-order valence-electron chi connectivity index (χ0n) is 9.23. The van der Waals surface area contributed by atoms with Crippen LogP contribution in [0.15, 0.2) is 36.7 Å². The van der Waals surface area contributed by atoms with Crippen molar-refractivity contribution in [1.82, 2.24) is 9.97 Å². The average molecular weight is 232 g/mol. The molecule has 6 nitrogen and oxygen atoms in total. The van der Waals surface area contributed by atoms with E-state index in [0.717, 1.165) is 5.75 Å². The molecule has 88 valence electrons. The van der Waals surface area contributed by atoms with Gasteiger partial charge in [-0.25, -0.2) is 9.78 Å². The van der Waals surface area contributed by atoms with Crippen molar-refractivity contribution in [3.8, 4) is 5.75 Å². The number of rotatable bonds is 3. The second kappa shape index (κ2) is 5.02. The largest absolute Gasteiger partial charge is 0.497 e. The average Bonchev–Trinajstić information content (AvgIpc) is 2.82. The number of hydrogen-bond donors (Lipinski definition) is 3. The lowest BCUT2D eigenvalue weighted by Crippen LogP contribution is -2.20. The second-order valence-corrected chi connectivity index (χ2v) is 3.25. The zero-order valence-corrected chi connectivity index (χ0v) is 9.23. The van der Waals surface area contributed by atoms with Gasteiger partial charge in [0.05, 0.1) is 7.11 Å². The Morgan fingerprint density at radius 2 is 2.06 bits per heavy atom. The summed E-state index contributed by atoms with van der Waals surface area (Å²) in [7, 11) is 1.59. The van der Waals surface area contributed by atoms with Crippen LogP contribution in [0.4, 0.5) is 16.4 Å². The zero-order chi connectivity index (χ0) is 12.1. The predicted molar refractivity (Wildman–Crippen MR) is 64.2 cm³/mol. The van der Waals surface area contributed by atoms with Crippen LogP contribution in [-0.4, -0.2) is 23.1 Å². The van der Waals surface area contributed by atoms with Gasteiger partial charge in [-0.2, -0.15) is 0 Å². The van der Waals surface area contributed by atoms with Crippen molar-refractivity contribution in [1.29, 1.82) is 0 Å². The minimum atomic E-state index is -0.356. The first-order valence-corrected chi connectivity index (χ1v) is 4.99. The number of carbonyl (C=O) groups is 1. The molecule has 0 bridgehead atoms. The summed E-state index contributed by atoms with van der Waals surface area (Å²) in [5, 5.41) is 5.22. The molecule has 6 heteroatoms. The number of H-pyrrole nitrogens is 1. The molecule has 2 amide bonds. The Balaban J connectivity index is 1.93. The number of carbonyl (C=O) groups excluding carboxylic acids is 1. The number of urea groups is 1. The summed E-state index contributed by atoms with van der Waals surface area (Å²) in [5.41, 5.74) is 0.676. The molecule has 0 unspecified atom stereocenters. The smallest absolute Gasteiger partial charge is 0.326 e. The maximum Gasteiger partial charge on any atom is 0.326 e. The van der Waals surface area contributed by atoms with E-state index in [4.69, 9.17) is 4.74 Å². The summed E-state index contributed by atoms with van der Waals surface area (Å²) in [6.45, 7) is 0. The first kappa shape index (κ1) is 11.0. The third-order valence-electron chi connectivity index (χ3n) is 2.08. The summed E-state index contributed by atoms with van der Waals surface area (Å²) in [6, 6.07) is 6.68. The molecule has 2 aromatic rings. The van der Waals surface area contributed by atoms with Gasteiger partial charge in [-0.05, 0) is 24.3 Å². The Labute approximate surface area is 98.0 Å². The number of amides is 2. The first-order chi connectivity index (χ1) is 8.28. The number of aromatic nitrogens is 2. The Bertz CT molecular complexity index is 479. The maximum absolute atomic E-state index is 11.5. The highest BCUT2D eigenvalue weighted by Crippen LogP contribution is 2.14. The summed E-state index contributed by atoms with van der Waals surface area (Å²) >= 11 is 0. The second-order valence-electron chi connectivity index (χ2n) is 3.25. The van der Waals surface area contributed by atoms with Crippen LogP contribution in [-0.2, 0) is 0 Å². The Hall–Kier alpha value is -2.50. The molecule has 0 saturated carbocycles. The highest BCUT2D eigenvalue weighted by Gasteiger charge is 2.03. The fraction of sp³-hybridized carbons (Fsp3) is 0.0909. The molecular weight excluding hydrogens is 220 g/mol. The first-order valence-electron chi connectivity index (χ1n) is 4.99. The molecule has 0 spiro atoms. The molecule has 0 atom stereocenters. The molecule has 3 N–H and O–H groups in total. The predicted octanol–water partition coefficient (Wildman–Crippen LogP) is 2.06. The molecule has 0 aliphatic rings. The van der Waals surface area contributed by atoms with Gasteiger partial charge in [0.1, 0.15) is 5.75 Å². The van der Waals surface area contributed by atoms with E-state index in [-0.39, 0.29) is 6.03 Å². The van der Waals surface area contributed by atoms with Crippen molar-refractivity contribution < 1.29 is 9.53 Å². The topological polar surface area (TPSA) is 79.0 Å². The van der Waals surface area contributed by atoms with Crippen molar-refractivity contribution in [2.75, 3.05) is 17.7 Å². The van der Waals surface area contributed by atoms with Crippen LogP contribution >= 0.6 is 0 Å². The molecule has 2 rings (SSSR count). The summed E-state index contributed by atoms with van der Waals surface area (Å²) in [5.74, 6) is 1.14. The Morgan fingerprint density at radius 3 is 2.65 bits per heavy atom. The van der Waals surface area contributed by atoms with Crippen LogP contribution in [0, 0.1) is 0 Å². The SMILES string of the molecule is COc1ccc(NC(=O)Nc2ncc[nH]2)cc1. The molecule has 0 radical (unpaired) electrons. The van der Waals surface area contributed by atoms with E-state index in [2.05, 4.69) is 20.6 Å². The normalized spacial score (nSPS) is 9.71. The lowest BCUT2D eigenvalue weighted by atomic mass is 10.3. The minimum absolute atomic E-state index is 0.356. The van der Waals surface area contributed by atoms with E-state index in [1.807, 2.05) is 0 Å². The number of ether oxygens (including phenoxy) is 1. The van der Waals surface area contributed by atoms with Crippen LogP contribution < -0.4 is 15.4 Å². The number of benzene rings is 1. The maximum atomic E-state index is 11.5. The lowest BCUT2D eigenvalue weighted by molar-refractivity contribution is 0.262.